The number of carbonyl (C=O) groups excluding carboxylic acids is 1. The summed E-state index contributed by atoms with van der Waals surface area (Å²) in [6, 6.07) is 23.4. The molecule has 0 saturated heterocycles. The van der Waals surface area contributed by atoms with Gasteiger partial charge < -0.3 is 10.1 Å². The zero-order valence-corrected chi connectivity index (χ0v) is 16.7. The SMILES string of the molecule is COc1ccc(C)cc1NC(=O)c1cc(-c2cccc(C)c2)nc2ccccc12. The Kier molecular flexibility index (Phi) is 5.00. The molecule has 1 amide bonds. The van der Waals surface area contributed by atoms with E-state index in [2.05, 4.69) is 11.4 Å². The maximum Gasteiger partial charge on any atom is 0.256 e. The van der Waals surface area contributed by atoms with E-state index >= 15 is 0 Å². The van der Waals surface area contributed by atoms with E-state index in [1.165, 1.54) is 0 Å². The number of anilines is 1. The highest BCUT2D eigenvalue weighted by atomic mass is 16.5. The Morgan fingerprint density at radius 2 is 1.69 bits per heavy atom. The maximum absolute atomic E-state index is 13.3. The van der Waals surface area contributed by atoms with Crippen molar-refractivity contribution in [3.05, 3.63) is 89.5 Å². The summed E-state index contributed by atoms with van der Waals surface area (Å²) in [5, 5.41) is 3.82. The number of carbonyl (C=O) groups is 1. The molecule has 0 bridgehead atoms. The van der Waals surface area contributed by atoms with Crippen molar-refractivity contribution in [1.29, 1.82) is 0 Å². The molecule has 0 aliphatic carbocycles. The van der Waals surface area contributed by atoms with Gasteiger partial charge in [0, 0.05) is 10.9 Å². The standard InChI is InChI=1S/C25H22N2O2/c1-16-7-6-8-18(13-16)22-15-20(19-9-4-5-10-21(19)26-22)25(28)27-23-14-17(2)11-12-24(23)29-3/h4-15H,1-3H3,(H,27,28). The molecule has 1 N–H and O–H groups in total. The number of rotatable bonds is 4. The molecule has 0 fully saturated rings. The summed E-state index contributed by atoms with van der Waals surface area (Å²) < 4.78 is 5.40. The fourth-order valence-electron chi connectivity index (χ4n) is 3.42. The van der Waals surface area contributed by atoms with E-state index in [-0.39, 0.29) is 5.91 Å². The summed E-state index contributed by atoms with van der Waals surface area (Å²) in [5.74, 6) is 0.433. The van der Waals surface area contributed by atoms with Crippen molar-refractivity contribution in [1.82, 2.24) is 4.98 Å². The number of fused-ring (bicyclic) bond motifs is 1. The van der Waals surface area contributed by atoms with Crippen molar-refractivity contribution in [2.75, 3.05) is 12.4 Å². The molecule has 0 saturated carbocycles. The van der Waals surface area contributed by atoms with Gasteiger partial charge in [-0.3, -0.25) is 4.79 Å². The van der Waals surface area contributed by atoms with Gasteiger partial charge in [-0.1, -0.05) is 48.0 Å². The van der Waals surface area contributed by atoms with Gasteiger partial charge in [0.1, 0.15) is 5.75 Å². The molecule has 144 valence electrons. The monoisotopic (exact) mass is 382 g/mol. The first kappa shape index (κ1) is 18.7. The Morgan fingerprint density at radius 3 is 2.48 bits per heavy atom. The van der Waals surface area contributed by atoms with Gasteiger partial charge in [-0.2, -0.15) is 0 Å². The lowest BCUT2D eigenvalue weighted by molar-refractivity contribution is 0.102. The molecule has 0 aliphatic rings. The molecule has 0 radical (unpaired) electrons. The lowest BCUT2D eigenvalue weighted by atomic mass is 10.0. The number of amides is 1. The molecule has 0 aliphatic heterocycles. The summed E-state index contributed by atoms with van der Waals surface area (Å²) >= 11 is 0. The van der Waals surface area contributed by atoms with Crippen LogP contribution < -0.4 is 10.1 Å². The highest BCUT2D eigenvalue weighted by molar-refractivity contribution is 6.13. The van der Waals surface area contributed by atoms with Gasteiger partial charge in [-0.05, 0) is 49.7 Å². The molecule has 0 atom stereocenters. The topological polar surface area (TPSA) is 51.2 Å². The first-order chi connectivity index (χ1) is 14.0. The number of hydrogen-bond acceptors (Lipinski definition) is 3. The highest BCUT2D eigenvalue weighted by Crippen LogP contribution is 2.29. The molecule has 1 heterocycles. The molecule has 0 unspecified atom stereocenters. The quantitative estimate of drug-likeness (QED) is 0.487. The number of methoxy groups -OCH3 is 1. The third-order valence-corrected chi connectivity index (χ3v) is 4.88. The minimum absolute atomic E-state index is 0.193. The molecule has 0 spiro atoms. The summed E-state index contributed by atoms with van der Waals surface area (Å²) in [5.41, 5.74) is 5.96. The lowest BCUT2D eigenvalue weighted by Gasteiger charge is -2.13. The van der Waals surface area contributed by atoms with Crippen LogP contribution in [0.25, 0.3) is 22.2 Å². The van der Waals surface area contributed by atoms with Gasteiger partial charge in [-0.25, -0.2) is 4.98 Å². The van der Waals surface area contributed by atoms with Crippen molar-refractivity contribution in [3.8, 4) is 17.0 Å². The van der Waals surface area contributed by atoms with Crippen LogP contribution in [0.5, 0.6) is 5.75 Å². The predicted molar refractivity (Wildman–Crippen MR) is 118 cm³/mol. The number of nitrogens with one attached hydrogen (secondary N) is 1. The predicted octanol–water partition coefficient (Wildman–Crippen LogP) is 5.78. The zero-order chi connectivity index (χ0) is 20.4. The highest BCUT2D eigenvalue weighted by Gasteiger charge is 2.16. The van der Waals surface area contributed by atoms with Gasteiger partial charge in [-0.15, -0.1) is 0 Å². The Balaban J connectivity index is 1.82. The van der Waals surface area contributed by atoms with Gasteiger partial charge >= 0.3 is 0 Å². The molecule has 3 aromatic carbocycles. The number of benzene rings is 3. The number of hydrogen-bond donors (Lipinski definition) is 1. The van der Waals surface area contributed by atoms with Crippen molar-refractivity contribution < 1.29 is 9.53 Å². The summed E-state index contributed by atoms with van der Waals surface area (Å²) in [7, 11) is 1.60. The maximum atomic E-state index is 13.3. The Labute approximate surface area is 170 Å². The molecule has 29 heavy (non-hydrogen) atoms. The second kappa shape index (κ2) is 7.76. The van der Waals surface area contributed by atoms with Gasteiger partial charge in [0.05, 0.1) is 29.6 Å². The van der Waals surface area contributed by atoms with Crippen molar-refractivity contribution >= 4 is 22.5 Å². The van der Waals surface area contributed by atoms with Crippen LogP contribution in [0, 0.1) is 13.8 Å². The first-order valence-corrected chi connectivity index (χ1v) is 9.48. The molecular formula is C25H22N2O2. The summed E-state index contributed by atoms with van der Waals surface area (Å²) in [4.78, 5) is 18.0. The second-order valence-electron chi connectivity index (χ2n) is 7.10. The number of aromatic nitrogens is 1. The number of aryl methyl sites for hydroxylation is 2. The summed E-state index contributed by atoms with van der Waals surface area (Å²) in [6.45, 7) is 4.02. The van der Waals surface area contributed by atoms with Gasteiger partial charge in [0.25, 0.3) is 5.91 Å². The van der Waals surface area contributed by atoms with Crippen LogP contribution >= 0.6 is 0 Å². The van der Waals surface area contributed by atoms with Crippen LogP contribution in [0.3, 0.4) is 0 Å². The van der Waals surface area contributed by atoms with E-state index in [4.69, 9.17) is 9.72 Å². The van der Waals surface area contributed by atoms with Crippen LogP contribution in [0.4, 0.5) is 5.69 Å². The molecule has 4 nitrogen and oxygen atoms in total. The van der Waals surface area contributed by atoms with E-state index in [0.29, 0.717) is 17.0 Å². The third kappa shape index (κ3) is 3.83. The van der Waals surface area contributed by atoms with Crippen molar-refractivity contribution in [2.24, 2.45) is 0 Å². The number of pyridine rings is 1. The van der Waals surface area contributed by atoms with Crippen molar-refractivity contribution in [3.63, 3.8) is 0 Å². The van der Waals surface area contributed by atoms with Crippen LogP contribution in [0.2, 0.25) is 0 Å². The minimum Gasteiger partial charge on any atom is -0.495 e. The average Bonchev–Trinajstić information content (AvgIpc) is 2.73. The van der Waals surface area contributed by atoms with E-state index in [0.717, 1.165) is 33.3 Å². The third-order valence-electron chi connectivity index (χ3n) is 4.88. The molecule has 4 aromatic rings. The van der Waals surface area contributed by atoms with Gasteiger partial charge in [0.15, 0.2) is 0 Å². The molecule has 4 heteroatoms. The van der Waals surface area contributed by atoms with E-state index < -0.39 is 0 Å². The average molecular weight is 382 g/mol. The number of ether oxygens (including phenoxy) is 1. The molecular weight excluding hydrogens is 360 g/mol. The van der Waals surface area contributed by atoms with E-state index in [1.807, 2.05) is 80.6 Å². The second-order valence-corrected chi connectivity index (χ2v) is 7.10. The molecule has 4 rings (SSSR count). The van der Waals surface area contributed by atoms with Crippen LogP contribution in [0.15, 0.2) is 72.8 Å². The van der Waals surface area contributed by atoms with Crippen LogP contribution in [-0.2, 0) is 0 Å². The number of nitrogens with zero attached hydrogens (tertiary/aromatic N) is 1. The smallest absolute Gasteiger partial charge is 0.256 e. The fraction of sp³-hybridized carbons (Fsp3) is 0.120. The molecule has 1 aromatic heterocycles. The number of para-hydroxylation sites is 1. The lowest BCUT2D eigenvalue weighted by Crippen LogP contribution is -2.14. The Morgan fingerprint density at radius 1 is 0.897 bits per heavy atom. The zero-order valence-electron chi connectivity index (χ0n) is 16.7. The fourth-order valence-corrected chi connectivity index (χ4v) is 3.42. The Bertz CT molecular complexity index is 1210. The first-order valence-electron chi connectivity index (χ1n) is 9.48. The van der Waals surface area contributed by atoms with Gasteiger partial charge in [0.2, 0.25) is 0 Å². The Hall–Kier alpha value is -3.66. The van der Waals surface area contributed by atoms with E-state index in [9.17, 15) is 4.79 Å². The minimum atomic E-state index is -0.193. The van der Waals surface area contributed by atoms with Crippen LogP contribution in [0.1, 0.15) is 21.5 Å². The largest absolute Gasteiger partial charge is 0.495 e. The van der Waals surface area contributed by atoms with E-state index in [1.54, 1.807) is 7.11 Å². The van der Waals surface area contributed by atoms with Crippen LogP contribution in [-0.4, -0.2) is 18.0 Å². The van der Waals surface area contributed by atoms with Crippen molar-refractivity contribution in [2.45, 2.75) is 13.8 Å². The normalized spacial score (nSPS) is 10.7. The summed E-state index contributed by atoms with van der Waals surface area (Å²) in [6.07, 6.45) is 0.